The number of anilines is 1. The van der Waals surface area contributed by atoms with Gasteiger partial charge in [-0.2, -0.15) is 0 Å². The van der Waals surface area contributed by atoms with E-state index in [9.17, 15) is 29.0 Å². The molecule has 3 amide bonds. The maximum Gasteiger partial charge on any atom is 0.411 e. The van der Waals surface area contributed by atoms with Crippen LogP contribution in [-0.2, 0) is 14.3 Å². The van der Waals surface area contributed by atoms with Crippen LogP contribution < -0.4 is 10.6 Å². The zero-order valence-electron chi connectivity index (χ0n) is 22.4. The highest BCUT2D eigenvalue weighted by Crippen LogP contribution is 2.61. The van der Waals surface area contributed by atoms with Crippen LogP contribution in [-0.4, -0.2) is 71.0 Å². The van der Waals surface area contributed by atoms with Gasteiger partial charge in [-0.3, -0.25) is 14.9 Å². The second kappa shape index (κ2) is 11.2. The first-order chi connectivity index (χ1) is 18.0. The van der Waals surface area contributed by atoms with Gasteiger partial charge in [-0.25, -0.2) is 9.18 Å². The van der Waals surface area contributed by atoms with E-state index in [0.29, 0.717) is 45.2 Å². The number of halogens is 1. The smallest absolute Gasteiger partial charge is 0.411 e. The van der Waals surface area contributed by atoms with E-state index in [0.717, 1.165) is 0 Å². The van der Waals surface area contributed by atoms with Crippen molar-refractivity contribution >= 4 is 23.6 Å². The lowest BCUT2D eigenvalue weighted by Crippen LogP contribution is -2.61. The van der Waals surface area contributed by atoms with Crippen molar-refractivity contribution in [3.05, 3.63) is 30.1 Å². The molecule has 2 aliphatic carbocycles. The molecule has 1 aliphatic heterocycles. The number of hydrogen-bond donors (Lipinski definition) is 4. The van der Waals surface area contributed by atoms with Crippen LogP contribution in [0.1, 0.15) is 59.3 Å². The molecule has 3 aliphatic rings. The molecule has 2 saturated carbocycles. The van der Waals surface area contributed by atoms with Crippen molar-refractivity contribution in [1.29, 1.82) is 0 Å². The number of rotatable bonds is 6. The molecule has 1 saturated heterocycles. The van der Waals surface area contributed by atoms with Crippen molar-refractivity contribution in [2.75, 3.05) is 25.0 Å². The van der Waals surface area contributed by atoms with E-state index in [2.05, 4.69) is 17.6 Å². The number of nitrogens with one attached hydrogen (secondary N) is 2. The third-order valence-electron chi connectivity index (χ3n) is 9.34. The molecule has 10 heteroatoms. The highest BCUT2D eigenvalue weighted by atomic mass is 19.1. The number of aliphatic hydroxyl groups is 2. The van der Waals surface area contributed by atoms with Gasteiger partial charge in [0.25, 0.3) is 0 Å². The molecular weight excluding hydrogens is 493 g/mol. The number of hydrogen-bond acceptors (Lipinski definition) is 6. The first-order valence-corrected chi connectivity index (χ1v) is 13.5. The quantitative estimate of drug-likeness (QED) is 0.445. The number of amides is 3. The fourth-order valence-corrected chi connectivity index (χ4v) is 7.33. The average molecular weight is 534 g/mol. The number of fused-ring (bicyclic) bond motifs is 1. The van der Waals surface area contributed by atoms with E-state index in [1.165, 1.54) is 25.1 Å². The lowest BCUT2D eigenvalue weighted by Gasteiger charge is -2.60. The summed E-state index contributed by atoms with van der Waals surface area (Å²) in [4.78, 5) is 39.1. The molecule has 3 fully saturated rings. The summed E-state index contributed by atoms with van der Waals surface area (Å²) in [5.41, 5.74) is -0.943. The largest absolute Gasteiger partial charge is 0.445 e. The Hall–Kier alpha value is -2.72. The molecule has 38 heavy (non-hydrogen) atoms. The van der Waals surface area contributed by atoms with Crippen molar-refractivity contribution in [3.8, 4) is 0 Å². The summed E-state index contributed by atoms with van der Waals surface area (Å²) in [5.74, 6) is -1.02. The van der Waals surface area contributed by atoms with E-state index in [-0.39, 0.29) is 48.4 Å². The molecule has 0 aromatic heterocycles. The van der Waals surface area contributed by atoms with Gasteiger partial charge in [0, 0.05) is 43.6 Å². The number of ether oxygens (including phenoxy) is 1. The van der Waals surface area contributed by atoms with Crippen molar-refractivity contribution in [2.45, 2.75) is 77.5 Å². The second-order valence-corrected chi connectivity index (χ2v) is 11.8. The number of nitrogens with zero attached hydrogens (tertiary/aromatic N) is 1. The monoisotopic (exact) mass is 533 g/mol. The zero-order chi connectivity index (χ0) is 27.7. The Morgan fingerprint density at radius 2 is 1.95 bits per heavy atom. The highest BCUT2D eigenvalue weighted by Gasteiger charge is 2.60. The molecule has 1 heterocycles. The van der Waals surface area contributed by atoms with Crippen molar-refractivity contribution < 1.29 is 33.7 Å². The molecule has 210 valence electrons. The van der Waals surface area contributed by atoms with Gasteiger partial charge in [0.2, 0.25) is 11.8 Å². The molecular formula is C28H40FN3O6. The first-order valence-electron chi connectivity index (χ1n) is 13.5. The molecule has 0 radical (unpaired) electrons. The van der Waals surface area contributed by atoms with Gasteiger partial charge >= 0.3 is 6.09 Å². The third kappa shape index (κ3) is 5.66. The number of carbonyl (C=O) groups is 3. The third-order valence-corrected chi connectivity index (χ3v) is 9.34. The van der Waals surface area contributed by atoms with Gasteiger partial charge in [0.15, 0.2) is 0 Å². The van der Waals surface area contributed by atoms with Crippen molar-refractivity contribution in [3.63, 3.8) is 0 Å². The Balaban J connectivity index is 1.46. The molecule has 0 spiro atoms. The van der Waals surface area contributed by atoms with Gasteiger partial charge in [-0.05, 0) is 67.6 Å². The van der Waals surface area contributed by atoms with Crippen LogP contribution in [0.3, 0.4) is 0 Å². The summed E-state index contributed by atoms with van der Waals surface area (Å²) in [6.45, 7) is 6.27. The normalized spacial score (nSPS) is 34.8. The summed E-state index contributed by atoms with van der Waals surface area (Å²) in [6.07, 6.45) is 1.17. The molecule has 7 atom stereocenters. The van der Waals surface area contributed by atoms with Gasteiger partial charge in [-0.1, -0.05) is 19.9 Å². The molecule has 0 bridgehead atoms. The molecule has 4 N–H and O–H groups in total. The fourth-order valence-electron chi connectivity index (χ4n) is 7.33. The van der Waals surface area contributed by atoms with E-state index in [4.69, 9.17) is 4.74 Å². The Labute approximate surface area is 223 Å². The average Bonchev–Trinajstić information content (AvgIpc) is 3.31. The van der Waals surface area contributed by atoms with E-state index in [1.54, 1.807) is 11.0 Å². The predicted molar refractivity (Wildman–Crippen MR) is 138 cm³/mol. The number of likely N-dealkylation sites (tertiary alicyclic amines) is 1. The summed E-state index contributed by atoms with van der Waals surface area (Å²) >= 11 is 0. The number of aliphatic hydroxyl groups excluding tert-OH is 2. The highest BCUT2D eigenvalue weighted by molar-refractivity contribution is 5.84. The topological polar surface area (TPSA) is 128 Å². The Morgan fingerprint density at radius 1 is 1.18 bits per heavy atom. The molecule has 1 aromatic rings. The maximum atomic E-state index is 13.5. The summed E-state index contributed by atoms with van der Waals surface area (Å²) in [6, 6.07) is 5.49. The summed E-state index contributed by atoms with van der Waals surface area (Å²) < 4.78 is 19.3. The number of carbonyl (C=O) groups excluding carboxylic acids is 3. The fraction of sp³-hybridized carbons (Fsp3) is 0.679. The minimum Gasteiger partial charge on any atom is -0.445 e. The van der Waals surface area contributed by atoms with Crippen LogP contribution >= 0.6 is 0 Å². The summed E-state index contributed by atoms with van der Waals surface area (Å²) in [5, 5.41) is 27.1. The van der Waals surface area contributed by atoms with Crippen LogP contribution in [0.2, 0.25) is 0 Å². The first kappa shape index (κ1) is 28.3. The van der Waals surface area contributed by atoms with Gasteiger partial charge in [0.05, 0.1) is 12.7 Å². The molecule has 9 nitrogen and oxygen atoms in total. The minimum atomic E-state index is -0.780. The van der Waals surface area contributed by atoms with Crippen LogP contribution in [0.15, 0.2) is 24.3 Å². The van der Waals surface area contributed by atoms with E-state index in [1.807, 2.05) is 6.92 Å². The van der Waals surface area contributed by atoms with Gasteiger partial charge < -0.3 is 25.2 Å². The Kier molecular flexibility index (Phi) is 8.32. The van der Waals surface area contributed by atoms with Crippen LogP contribution in [0.4, 0.5) is 14.9 Å². The second-order valence-electron chi connectivity index (χ2n) is 11.8. The Bertz CT molecular complexity index is 1060. The maximum absolute atomic E-state index is 13.5. The summed E-state index contributed by atoms with van der Waals surface area (Å²) in [7, 11) is 0. The van der Waals surface area contributed by atoms with E-state index >= 15 is 0 Å². The van der Waals surface area contributed by atoms with Crippen LogP contribution in [0, 0.1) is 28.5 Å². The lowest BCUT2D eigenvalue weighted by molar-refractivity contribution is -0.186. The molecule has 0 unspecified atom stereocenters. The zero-order valence-corrected chi connectivity index (χ0v) is 22.4. The van der Waals surface area contributed by atoms with Crippen LogP contribution in [0.25, 0.3) is 0 Å². The van der Waals surface area contributed by atoms with Crippen molar-refractivity contribution in [1.82, 2.24) is 10.2 Å². The van der Waals surface area contributed by atoms with Crippen molar-refractivity contribution in [2.24, 2.45) is 22.7 Å². The lowest BCUT2D eigenvalue weighted by atomic mass is 9.46. The standard InChI is InChI=1S/C28H40FN3O6/c1-17(34)30-20-10-12-32(15-20)25(36)14-21-22(35)7-8-23-27(21,2)11-9-24(28(23,3)16-33)38-26(37)31-19-6-4-5-18(29)13-19/h4-6,13,20-24,33,35H,7-12,14-16H2,1-3H3,(H,30,34)(H,31,37)/t20-,21+,22+,23+,24+,27-,28-/m0/s1. The predicted octanol–water partition coefficient (Wildman–Crippen LogP) is 3.06. The van der Waals surface area contributed by atoms with Gasteiger partial charge in [0.1, 0.15) is 11.9 Å². The molecule has 4 rings (SSSR count). The van der Waals surface area contributed by atoms with Crippen LogP contribution in [0.5, 0.6) is 0 Å². The van der Waals surface area contributed by atoms with Gasteiger partial charge in [-0.15, -0.1) is 0 Å². The SMILES string of the molecule is CC(=O)N[C@H]1CCN(C(=O)C[C@@H]2[C@H](O)CC[C@H]3[C@](C)(CO)[C@H](OC(=O)Nc4cccc(F)c4)CC[C@]32C)C1. The number of benzene rings is 1. The van der Waals surface area contributed by atoms with E-state index < -0.39 is 34.9 Å². The Morgan fingerprint density at radius 3 is 2.63 bits per heavy atom. The molecule has 1 aromatic carbocycles. The minimum absolute atomic E-state index is 0.0395.